The fraction of sp³-hybridized carbons (Fsp3) is 0.444. The fourth-order valence-electron chi connectivity index (χ4n) is 5.54. The van der Waals surface area contributed by atoms with Crippen molar-refractivity contribution < 1.29 is 62.5 Å². The monoisotopic (exact) mass is 783 g/mol. The molecule has 3 aliphatic heterocycles. The molecule has 1 fully saturated rings. The van der Waals surface area contributed by atoms with Gasteiger partial charge in [0.1, 0.15) is 48.5 Å². The van der Waals surface area contributed by atoms with Gasteiger partial charge in [-0.2, -0.15) is 4.98 Å². The number of aliphatic hydroxyl groups excluding tert-OH is 5. The van der Waals surface area contributed by atoms with E-state index in [2.05, 4.69) is 38.3 Å². The van der Waals surface area contributed by atoms with Crippen LogP contribution in [0.15, 0.2) is 34.4 Å². The Morgan fingerprint density at radius 2 is 1.70 bits per heavy atom. The Kier molecular flexibility index (Phi) is 10.6. The van der Waals surface area contributed by atoms with Crippen LogP contribution in [0.25, 0.3) is 33.7 Å². The van der Waals surface area contributed by atoms with E-state index in [9.17, 15) is 54.0 Å². The van der Waals surface area contributed by atoms with Crippen LogP contribution in [0.4, 0.5) is 5.82 Å². The maximum Gasteiger partial charge on any atom is 0.349 e. The molecule has 0 aliphatic carbocycles. The highest BCUT2D eigenvalue weighted by molar-refractivity contribution is 7.59. The highest BCUT2D eigenvalue weighted by Crippen LogP contribution is 2.56. The van der Waals surface area contributed by atoms with Crippen molar-refractivity contribution in [3.8, 4) is 11.5 Å². The Labute approximate surface area is 295 Å². The topological polar surface area (TPSA) is 369 Å². The van der Waals surface area contributed by atoms with E-state index in [1.807, 2.05) is 4.98 Å². The van der Waals surface area contributed by atoms with E-state index in [4.69, 9.17) is 10.5 Å². The number of H-pyrrole nitrogens is 1. The number of rotatable bonds is 13. The first-order valence-corrected chi connectivity index (χ1v) is 18.3. The molecule has 1 aromatic carbocycles. The maximum absolute atomic E-state index is 12.5. The highest BCUT2D eigenvalue weighted by Gasteiger charge is 2.45. The predicted octanol–water partition coefficient (Wildman–Crippen LogP) is -3.69. The minimum absolute atomic E-state index is 0.0151. The average Bonchev–Trinajstić information content (AvgIpc) is 3.63. The first kappa shape index (κ1) is 38.6. The van der Waals surface area contributed by atoms with Crippen molar-refractivity contribution >= 4 is 43.7 Å². The van der Waals surface area contributed by atoms with E-state index in [1.54, 1.807) is 26.0 Å². The van der Waals surface area contributed by atoms with Crippen molar-refractivity contribution in [2.45, 2.75) is 63.2 Å². The summed E-state index contributed by atoms with van der Waals surface area (Å²) in [6.45, 7) is 0.570. The number of aryl methyl sites for hydroxylation is 2. The molecule has 2 aromatic heterocycles. The number of nitrogens with two attached hydrogens (primary N) is 1. The number of benzene rings is 1. The second-order valence-corrected chi connectivity index (χ2v) is 15.0. The standard InChI is InChI=1S/C27H33N9O15P2/c1-10-3-12-13(4-11(10)2)35(24-18(32-12)25(42)34-27(43)33-24)5-14(37)19(39)15(38)6-48-52(44,45)51-53(46,47)49-7-16-20(40)21(41)26(50-16)36-9-31-17-22(28)29-8-30-23(17)36/h3-4,8-9,14-16,19-21,26,37-41H,5-7H2,1-2H3,(H,44,45)(H,46,47)(H2,28,29,30)(H,34,42,43)/p-2/t14?,15?,16-,19?,20-,21-,26-/m1/s1. The lowest BCUT2D eigenvalue weighted by molar-refractivity contribution is -0.247. The summed E-state index contributed by atoms with van der Waals surface area (Å²) in [4.78, 5) is 71.1. The number of anilines is 1. The van der Waals surface area contributed by atoms with Crippen molar-refractivity contribution in [3.05, 3.63) is 56.8 Å². The van der Waals surface area contributed by atoms with Gasteiger partial charge in [-0.25, -0.2) is 29.0 Å². The molecule has 8 N–H and O–H groups in total. The zero-order valence-electron chi connectivity index (χ0n) is 27.4. The summed E-state index contributed by atoms with van der Waals surface area (Å²) < 4.78 is 45.7. The number of aromatic nitrogens is 8. The predicted molar refractivity (Wildman–Crippen MR) is 172 cm³/mol. The van der Waals surface area contributed by atoms with Crippen LogP contribution >= 0.6 is 15.6 Å². The van der Waals surface area contributed by atoms with Crippen LogP contribution in [0.2, 0.25) is 0 Å². The van der Waals surface area contributed by atoms with Crippen molar-refractivity contribution in [3.63, 3.8) is 0 Å². The van der Waals surface area contributed by atoms with Gasteiger partial charge in [0.2, 0.25) is 0 Å². The SMILES string of the molecule is Cc1cc2nc3c(=O)[nH]c(=O)nc-3n(CC(O)C(O)C(O)COP(=O)([O-])OP(=O)([O-])OC[C@H]3O[C@@H](n4cnc5c(N)ncnc54)[C@H](O)[C@@H]3O)c2cc1C. The minimum atomic E-state index is -5.85. The molecule has 5 unspecified atom stereocenters. The molecule has 0 radical (unpaired) electrons. The van der Waals surface area contributed by atoms with Gasteiger partial charge < -0.3 is 59.4 Å². The summed E-state index contributed by atoms with van der Waals surface area (Å²) in [5.74, 6) is -0.243. The van der Waals surface area contributed by atoms with Gasteiger partial charge in [-0.1, -0.05) is 0 Å². The van der Waals surface area contributed by atoms with Gasteiger partial charge in [0, 0.05) is 0 Å². The molecule has 3 aromatic rings. The number of aliphatic hydroxyl groups is 5. The van der Waals surface area contributed by atoms with Gasteiger partial charge in [-0.3, -0.25) is 23.5 Å². The van der Waals surface area contributed by atoms with E-state index < -0.39 is 89.5 Å². The van der Waals surface area contributed by atoms with Gasteiger partial charge in [0.05, 0.1) is 37.1 Å². The molecule has 286 valence electrons. The quantitative estimate of drug-likeness (QED) is 0.0446. The Bertz CT molecular complexity index is 2350. The molecule has 53 heavy (non-hydrogen) atoms. The number of hydrogen-bond acceptors (Lipinski definition) is 21. The van der Waals surface area contributed by atoms with Crippen LogP contribution in [0.5, 0.6) is 0 Å². The van der Waals surface area contributed by atoms with Crippen LogP contribution in [0.1, 0.15) is 17.4 Å². The third-order valence-electron chi connectivity index (χ3n) is 8.38. The first-order chi connectivity index (χ1) is 24.9. The largest absolute Gasteiger partial charge is 0.756 e. The molecule has 0 spiro atoms. The summed E-state index contributed by atoms with van der Waals surface area (Å²) in [6.07, 6.45) is -10.3. The lowest BCUT2D eigenvalue weighted by Crippen LogP contribution is -2.43. The molecular weight excluding hydrogens is 752 g/mol. The zero-order chi connectivity index (χ0) is 38.6. The average molecular weight is 784 g/mol. The van der Waals surface area contributed by atoms with Crippen LogP contribution in [-0.2, 0) is 33.8 Å². The molecular formula is C27H31N9O15P2-2. The summed E-state index contributed by atoms with van der Waals surface area (Å²) in [7, 11) is -11.6. The number of nitrogens with one attached hydrogen (secondary N) is 1. The van der Waals surface area contributed by atoms with Crippen LogP contribution in [-0.4, -0.2) is 114 Å². The summed E-state index contributed by atoms with van der Waals surface area (Å²) in [5.41, 5.74) is 5.97. The molecule has 5 heterocycles. The molecule has 6 rings (SSSR count). The van der Waals surface area contributed by atoms with Gasteiger partial charge in [0.25, 0.3) is 21.2 Å². The second-order valence-electron chi connectivity index (χ2n) is 12.0. The Balaban J connectivity index is 1.07. The normalized spacial score (nSPS) is 23.3. The highest BCUT2D eigenvalue weighted by atomic mass is 31.3. The Morgan fingerprint density at radius 1 is 1.00 bits per heavy atom. The molecule has 1 saturated heterocycles. The maximum atomic E-state index is 12.5. The molecule has 26 heteroatoms. The number of fused-ring (bicyclic) bond motifs is 3. The lowest BCUT2D eigenvalue weighted by atomic mass is 10.1. The number of aromatic amines is 1. The van der Waals surface area contributed by atoms with E-state index in [0.29, 0.717) is 0 Å². The third kappa shape index (κ3) is 7.91. The van der Waals surface area contributed by atoms with E-state index >= 15 is 0 Å². The number of nitrogens with zero attached hydrogens (tertiary/aromatic N) is 7. The molecule has 0 bridgehead atoms. The molecule has 24 nitrogen and oxygen atoms in total. The number of hydrogen-bond donors (Lipinski definition) is 7. The Hall–Kier alpha value is -4.13. The van der Waals surface area contributed by atoms with Gasteiger partial charge in [-0.15, -0.1) is 0 Å². The second kappa shape index (κ2) is 14.6. The molecule has 9 atom stereocenters. The summed E-state index contributed by atoms with van der Waals surface area (Å²) in [5, 5.41) is 52.9. The summed E-state index contributed by atoms with van der Waals surface area (Å²) in [6, 6.07) is 3.27. The number of ether oxygens (including phenoxy) is 1. The van der Waals surface area contributed by atoms with Crippen LogP contribution in [0.3, 0.4) is 0 Å². The van der Waals surface area contributed by atoms with Gasteiger partial charge in [0.15, 0.2) is 29.2 Å². The Morgan fingerprint density at radius 3 is 2.43 bits per heavy atom. The van der Waals surface area contributed by atoms with Crippen molar-refractivity contribution in [2.75, 3.05) is 18.9 Å². The lowest BCUT2D eigenvalue weighted by Gasteiger charge is -2.32. The number of phosphoric acid groups is 2. The van der Waals surface area contributed by atoms with Crippen LogP contribution in [0, 0.1) is 13.8 Å². The van der Waals surface area contributed by atoms with Crippen molar-refractivity contribution in [1.82, 2.24) is 39.0 Å². The smallest absolute Gasteiger partial charge is 0.349 e. The third-order valence-corrected chi connectivity index (χ3v) is 10.9. The minimum Gasteiger partial charge on any atom is -0.756 e. The van der Waals surface area contributed by atoms with Crippen molar-refractivity contribution in [1.29, 1.82) is 0 Å². The zero-order valence-corrected chi connectivity index (χ0v) is 29.2. The van der Waals surface area contributed by atoms with Crippen molar-refractivity contribution in [2.24, 2.45) is 0 Å². The molecule has 0 saturated carbocycles. The fourth-order valence-corrected chi connectivity index (χ4v) is 7.56. The summed E-state index contributed by atoms with van der Waals surface area (Å²) >= 11 is 0. The van der Waals surface area contributed by atoms with Gasteiger partial charge >= 0.3 is 5.69 Å². The number of imidazole rings is 1. The number of phosphoric ester groups is 2. The van der Waals surface area contributed by atoms with Gasteiger partial charge in [-0.05, 0) is 37.1 Å². The van der Waals surface area contributed by atoms with Crippen LogP contribution < -0.4 is 26.8 Å². The van der Waals surface area contributed by atoms with E-state index in [0.717, 1.165) is 17.5 Å². The molecule has 0 amide bonds. The molecule has 3 aliphatic rings. The van der Waals surface area contributed by atoms with E-state index in [-0.39, 0.29) is 39.5 Å². The first-order valence-electron chi connectivity index (χ1n) is 15.4. The number of nitrogen functional groups attached to an aromatic ring is 1. The van der Waals surface area contributed by atoms with E-state index in [1.165, 1.54) is 15.5 Å².